The highest BCUT2D eigenvalue weighted by Gasteiger charge is 1.99. The van der Waals surface area contributed by atoms with Gasteiger partial charge in [-0.3, -0.25) is 0 Å². The summed E-state index contributed by atoms with van der Waals surface area (Å²) < 4.78 is 5.37. The van der Waals surface area contributed by atoms with Gasteiger partial charge in [-0.1, -0.05) is 7.43 Å². The third-order valence-electron chi connectivity index (χ3n) is 1.43. The summed E-state index contributed by atoms with van der Waals surface area (Å²) in [7, 11) is 4.16. The van der Waals surface area contributed by atoms with Gasteiger partial charge in [0.05, 0.1) is 6.10 Å². The van der Waals surface area contributed by atoms with E-state index in [0.29, 0.717) is 6.10 Å². The van der Waals surface area contributed by atoms with E-state index in [1.165, 1.54) is 0 Å². The van der Waals surface area contributed by atoms with Crippen molar-refractivity contribution in [2.45, 2.75) is 33.8 Å². The molecule has 0 amide bonds. The van der Waals surface area contributed by atoms with E-state index in [1.807, 2.05) is 6.92 Å². The normalized spacial score (nSPS) is 12.8. The van der Waals surface area contributed by atoms with Crippen LogP contribution in [0.15, 0.2) is 0 Å². The minimum Gasteiger partial charge on any atom is -0.379 e. The fourth-order valence-corrected chi connectivity index (χ4v) is 0.808. The number of ether oxygens (including phenoxy) is 1. The molecule has 0 radical (unpaired) electrons. The summed E-state index contributed by atoms with van der Waals surface area (Å²) in [6.45, 7) is 6.09. The predicted octanol–water partition coefficient (Wildman–Crippen LogP) is 2.00. The van der Waals surface area contributed by atoms with E-state index in [9.17, 15) is 0 Å². The number of nitrogens with zero attached hydrogens (tertiary/aromatic N) is 1. The van der Waals surface area contributed by atoms with Crippen molar-refractivity contribution in [1.29, 1.82) is 0 Å². The van der Waals surface area contributed by atoms with Crippen molar-refractivity contribution in [2.24, 2.45) is 0 Å². The monoisotopic (exact) mass is 161 g/mol. The van der Waals surface area contributed by atoms with E-state index < -0.39 is 0 Å². The first-order chi connectivity index (χ1) is 4.66. The topological polar surface area (TPSA) is 12.5 Å². The van der Waals surface area contributed by atoms with Crippen LogP contribution in [0.3, 0.4) is 0 Å². The highest BCUT2D eigenvalue weighted by Crippen LogP contribution is 1.96. The van der Waals surface area contributed by atoms with Gasteiger partial charge in [0.1, 0.15) is 0 Å². The van der Waals surface area contributed by atoms with Gasteiger partial charge >= 0.3 is 0 Å². The zero-order chi connectivity index (χ0) is 7.98. The molecule has 0 aromatic carbocycles. The van der Waals surface area contributed by atoms with Gasteiger partial charge in [-0.15, -0.1) is 0 Å². The second-order valence-electron chi connectivity index (χ2n) is 2.86. The lowest BCUT2D eigenvalue weighted by molar-refractivity contribution is 0.0651. The van der Waals surface area contributed by atoms with Gasteiger partial charge in [-0.05, 0) is 40.9 Å². The first kappa shape index (κ1) is 13.5. The van der Waals surface area contributed by atoms with E-state index in [0.717, 1.165) is 19.6 Å². The Morgan fingerprint density at radius 3 is 2.27 bits per heavy atom. The molecule has 0 aromatic heterocycles. The maximum absolute atomic E-state index is 5.37. The fourth-order valence-electron chi connectivity index (χ4n) is 0.808. The van der Waals surface area contributed by atoms with E-state index in [2.05, 4.69) is 25.9 Å². The molecular weight excluding hydrogens is 138 g/mol. The zero-order valence-electron chi connectivity index (χ0n) is 7.55. The van der Waals surface area contributed by atoms with Crippen molar-refractivity contribution in [3.63, 3.8) is 0 Å². The van der Waals surface area contributed by atoms with Crippen LogP contribution in [0, 0.1) is 0 Å². The quantitative estimate of drug-likeness (QED) is 0.611. The van der Waals surface area contributed by atoms with Crippen LogP contribution in [0.4, 0.5) is 0 Å². The van der Waals surface area contributed by atoms with E-state index in [-0.39, 0.29) is 7.43 Å². The smallest absolute Gasteiger partial charge is 0.0559 e. The Balaban J connectivity index is 0. The van der Waals surface area contributed by atoms with Crippen LogP contribution in [0.25, 0.3) is 0 Å². The third-order valence-corrected chi connectivity index (χ3v) is 1.43. The minimum absolute atomic E-state index is 0. The Hall–Kier alpha value is -0.0800. The average Bonchev–Trinajstić information content (AvgIpc) is 1.85. The highest BCUT2D eigenvalue weighted by atomic mass is 16.5. The lowest BCUT2D eigenvalue weighted by atomic mass is 10.3. The molecule has 0 bridgehead atoms. The molecule has 0 heterocycles. The Kier molecular flexibility index (Phi) is 9.85. The molecule has 0 aromatic rings. The maximum Gasteiger partial charge on any atom is 0.0559 e. The molecule has 0 aliphatic carbocycles. The predicted molar refractivity (Wildman–Crippen MR) is 51.0 cm³/mol. The number of rotatable bonds is 5. The first-order valence-corrected chi connectivity index (χ1v) is 3.93. The molecule has 1 unspecified atom stereocenters. The zero-order valence-corrected chi connectivity index (χ0v) is 7.55. The van der Waals surface area contributed by atoms with Crippen LogP contribution in [0.2, 0.25) is 0 Å². The Morgan fingerprint density at radius 1 is 1.36 bits per heavy atom. The molecule has 0 N–H and O–H groups in total. The van der Waals surface area contributed by atoms with Crippen LogP contribution < -0.4 is 0 Å². The fraction of sp³-hybridized carbons (Fsp3) is 1.00. The summed E-state index contributed by atoms with van der Waals surface area (Å²) >= 11 is 0. The largest absolute Gasteiger partial charge is 0.379 e. The van der Waals surface area contributed by atoms with Crippen molar-refractivity contribution >= 4 is 0 Å². The number of hydrogen-bond acceptors (Lipinski definition) is 2. The van der Waals surface area contributed by atoms with Crippen LogP contribution in [0.5, 0.6) is 0 Å². The highest BCUT2D eigenvalue weighted by molar-refractivity contribution is 4.52. The van der Waals surface area contributed by atoms with Crippen molar-refractivity contribution < 1.29 is 4.74 Å². The molecule has 1 atom stereocenters. The van der Waals surface area contributed by atoms with E-state index in [1.54, 1.807) is 0 Å². The standard InChI is InChI=1S/C8H19NO.CH4/c1-5-10-8(2)6-7-9(3)4;/h8H,5-7H2,1-4H3;1H4. The number of hydrogen-bond donors (Lipinski definition) is 0. The Morgan fingerprint density at radius 2 is 1.91 bits per heavy atom. The minimum atomic E-state index is 0. The van der Waals surface area contributed by atoms with Gasteiger partial charge in [-0.25, -0.2) is 0 Å². The molecule has 0 aliphatic rings. The van der Waals surface area contributed by atoms with E-state index in [4.69, 9.17) is 4.74 Å². The molecule has 70 valence electrons. The summed E-state index contributed by atoms with van der Waals surface area (Å²) in [5.74, 6) is 0. The third kappa shape index (κ3) is 9.92. The van der Waals surface area contributed by atoms with Gasteiger partial charge < -0.3 is 9.64 Å². The molecule has 0 aliphatic heterocycles. The summed E-state index contributed by atoms with van der Waals surface area (Å²) in [5.41, 5.74) is 0. The summed E-state index contributed by atoms with van der Waals surface area (Å²) in [4.78, 5) is 2.18. The van der Waals surface area contributed by atoms with Crippen molar-refractivity contribution in [3.05, 3.63) is 0 Å². The van der Waals surface area contributed by atoms with Crippen molar-refractivity contribution in [3.8, 4) is 0 Å². The van der Waals surface area contributed by atoms with Gasteiger partial charge in [0.25, 0.3) is 0 Å². The Bertz CT molecular complexity index is 74.0. The average molecular weight is 161 g/mol. The van der Waals surface area contributed by atoms with Crippen molar-refractivity contribution in [2.75, 3.05) is 27.2 Å². The molecule has 11 heavy (non-hydrogen) atoms. The second-order valence-corrected chi connectivity index (χ2v) is 2.86. The molecule has 0 saturated heterocycles. The van der Waals surface area contributed by atoms with Gasteiger partial charge in [-0.2, -0.15) is 0 Å². The molecular formula is C9H23NO. The van der Waals surface area contributed by atoms with Crippen LogP contribution in [-0.2, 0) is 4.74 Å². The van der Waals surface area contributed by atoms with Crippen LogP contribution in [0.1, 0.15) is 27.7 Å². The van der Waals surface area contributed by atoms with Crippen LogP contribution >= 0.6 is 0 Å². The van der Waals surface area contributed by atoms with Crippen LogP contribution in [-0.4, -0.2) is 38.3 Å². The van der Waals surface area contributed by atoms with Gasteiger partial charge in [0.2, 0.25) is 0 Å². The summed E-state index contributed by atoms with van der Waals surface area (Å²) in [6, 6.07) is 0. The molecule has 0 rings (SSSR count). The second kappa shape index (κ2) is 8.02. The lowest BCUT2D eigenvalue weighted by Gasteiger charge is -2.14. The molecule has 0 fully saturated rings. The Labute approximate surface area is 71.5 Å². The lowest BCUT2D eigenvalue weighted by Crippen LogP contribution is -2.19. The van der Waals surface area contributed by atoms with Crippen molar-refractivity contribution in [1.82, 2.24) is 4.90 Å². The SMILES string of the molecule is C.CCOC(C)CCN(C)C. The molecule has 0 spiro atoms. The molecule has 2 nitrogen and oxygen atoms in total. The first-order valence-electron chi connectivity index (χ1n) is 3.93. The van der Waals surface area contributed by atoms with Gasteiger partial charge in [0.15, 0.2) is 0 Å². The van der Waals surface area contributed by atoms with E-state index >= 15 is 0 Å². The summed E-state index contributed by atoms with van der Waals surface area (Å²) in [5, 5.41) is 0. The molecule has 2 heteroatoms. The molecule has 0 saturated carbocycles. The summed E-state index contributed by atoms with van der Waals surface area (Å²) in [6.07, 6.45) is 1.54. The van der Waals surface area contributed by atoms with Gasteiger partial charge in [0, 0.05) is 6.61 Å². The maximum atomic E-state index is 5.37.